The van der Waals surface area contributed by atoms with Crippen LogP contribution >= 0.6 is 11.8 Å². The number of hydrogen-bond donors (Lipinski definition) is 1. The first-order valence-electron chi connectivity index (χ1n) is 7.28. The van der Waals surface area contributed by atoms with Crippen molar-refractivity contribution in [2.75, 3.05) is 12.4 Å². The Morgan fingerprint density at radius 2 is 1.78 bits per heavy atom. The number of anilines is 1. The van der Waals surface area contributed by atoms with Gasteiger partial charge in [-0.15, -0.1) is 0 Å². The molecule has 0 radical (unpaired) electrons. The van der Waals surface area contributed by atoms with Gasteiger partial charge in [-0.3, -0.25) is 5.32 Å². The number of methoxy groups -OCH3 is 1. The summed E-state index contributed by atoms with van der Waals surface area (Å²) >= 11 is 1.55. The van der Waals surface area contributed by atoms with Crippen molar-refractivity contribution in [3.8, 4) is 5.75 Å². The minimum atomic E-state index is -0.538. The van der Waals surface area contributed by atoms with Crippen molar-refractivity contribution < 1.29 is 14.3 Å². The van der Waals surface area contributed by atoms with E-state index in [4.69, 9.17) is 9.47 Å². The van der Waals surface area contributed by atoms with E-state index in [1.165, 1.54) is 0 Å². The fourth-order valence-corrected chi connectivity index (χ4v) is 2.80. The molecule has 0 atom stereocenters. The van der Waals surface area contributed by atoms with Crippen LogP contribution in [0, 0.1) is 0 Å². The quantitative estimate of drug-likeness (QED) is 0.837. The summed E-state index contributed by atoms with van der Waals surface area (Å²) in [6, 6.07) is 15.5. The SMILES string of the molecule is COc1ccc(NC(=O)OC(C)(C)C)c(Sc2ccccc2)c1. The molecule has 0 spiro atoms. The van der Waals surface area contributed by atoms with Gasteiger partial charge >= 0.3 is 6.09 Å². The first-order valence-corrected chi connectivity index (χ1v) is 8.10. The number of nitrogens with one attached hydrogen (secondary N) is 1. The van der Waals surface area contributed by atoms with Crippen molar-refractivity contribution in [2.24, 2.45) is 0 Å². The van der Waals surface area contributed by atoms with Gasteiger partial charge in [-0.25, -0.2) is 4.79 Å². The molecule has 4 nitrogen and oxygen atoms in total. The Kier molecular flexibility index (Phi) is 5.55. The molecule has 2 aromatic rings. The normalized spacial score (nSPS) is 11.0. The van der Waals surface area contributed by atoms with Gasteiger partial charge < -0.3 is 9.47 Å². The number of carbonyl (C=O) groups is 1. The van der Waals surface area contributed by atoms with Crippen LogP contribution in [0.1, 0.15) is 20.8 Å². The Morgan fingerprint density at radius 1 is 1.09 bits per heavy atom. The molecule has 0 fully saturated rings. The summed E-state index contributed by atoms with van der Waals surface area (Å²) in [4.78, 5) is 14.0. The highest BCUT2D eigenvalue weighted by atomic mass is 32.2. The zero-order valence-electron chi connectivity index (χ0n) is 13.8. The highest BCUT2D eigenvalue weighted by Crippen LogP contribution is 2.36. The minimum Gasteiger partial charge on any atom is -0.497 e. The van der Waals surface area contributed by atoms with Gasteiger partial charge in [0.2, 0.25) is 0 Å². The summed E-state index contributed by atoms with van der Waals surface area (Å²) in [6.45, 7) is 5.50. The topological polar surface area (TPSA) is 47.6 Å². The largest absolute Gasteiger partial charge is 0.497 e. The molecule has 0 saturated heterocycles. The fourth-order valence-electron chi connectivity index (χ4n) is 1.85. The highest BCUT2D eigenvalue weighted by Gasteiger charge is 2.17. The van der Waals surface area contributed by atoms with Gasteiger partial charge in [-0.1, -0.05) is 30.0 Å². The molecule has 0 unspecified atom stereocenters. The van der Waals surface area contributed by atoms with E-state index in [1.807, 2.05) is 69.3 Å². The van der Waals surface area contributed by atoms with Crippen LogP contribution < -0.4 is 10.1 Å². The Balaban J connectivity index is 2.23. The minimum absolute atomic E-state index is 0.474. The highest BCUT2D eigenvalue weighted by molar-refractivity contribution is 7.99. The Morgan fingerprint density at radius 3 is 2.39 bits per heavy atom. The lowest BCUT2D eigenvalue weighted by molar-refractivity contribution is 0.0635. The maximum Gasteiger partial charge on any atom is 0.412 e. The third kappa shape index (κ3) is 5.53. The smallest absolute Gasteiger partial charge is 0.412 e. The second-order valence-corrected chi connectivity index (χ2v) is 7.02. The molecule has 23 heavy (non-hydrogen) atoms. The third-order valence-electron chi connectivity index (χ3n) is 2.80. The van der Waals surface area contributed by atoms with E-state index in [0.29, 0.717) is 5.69 Å². The van der Waals surface area contributed by atoms with Crippen LogP contribution in [-0.4, -0.2) is 18.8 Å². The summed E-state index contributed by atoms with van der Waals surface area (Å²) in [5.74, 6) is 0.734. The van der Waals surface area contributed by atoms with E-state index in [9.17, 15) is 4.79 Å². The summed E-state index contributed by atoms with van der Waals surface area (Å²) in [6.07, 6.45) is -0.474. The predicted molar refractivity (Wildman–Crippen MR) is 93.4 cm³/mol. The van der Waals surface area contributed by atoms with E-state index in [0.717, 1.165) is 15.5 Å². The van der Waals surface area contributed by atoms with Crippen molar-refractivity contribution in [3.63, 3.8) is 0 Å². The molecule has 0 aliphatic rings. The van der Waals surface area contributed by atoms with Crippen LogP contribution in [0.5, 0.6) is 5.75 Å². The van der Waals surface area contributed by atoms with Crippen LogP contribution in [0.4, 0.5) is 10.5 Å². The average Bonchev–Trinajstić information content (AvgIpc) is 2.48. The van der Waals surface area contributed by atoms with Crippen molar-refractivity contribution in [1.29, 1.82) is 0 Å². The second kappa shape index (κ2) is 7.42. The van der Waals surface area contributed by atoms with E-state index in [-0.39, 0.29) is 0 Å². The van der Waals surface area contributed by atoms with Crippen molar-refractivity contribution in [1.82, 2.24) is 0 Å². The van der Waals surface area contributed by atoms with Crippen molar-refractivity contribution in [2.45, 2.75) is 36.2 Å². The number of benzene rings is 2. The van der Waals surface area contributed by atoms with Crippen LogP contribution in [-0.2, 0) is 4.74 Å². The lowest BCUT2D eigenvalue weighted by atomic mass is 10.2. The van der Waals surface area contributed by atoms with Gasteiger partial charge in [0.15, 0.2) is 0 Å². The molecule has 0 saturated carbocycles. The summed E-state index contributed by atoms with van der Waals surface area (Å²) in [5, 5.41) is 2.80. The standard InChI is InChI=1S/C18H21NO3S/c1-18(2,3)22-17(20)19-15-11-10-13(21-4)12-16(15)23-14-8-6-5-7-9-14/h5-12H,1-4H3,(H,19,20). The van der Waals surface area contributed by atoms with E-state index < -0.39 is 11.7 Å². The molecular formula is C18H21NO3S. The maximum absolute atomic E-state index is 12.0. The summed E-state index contributed by atoms with van der Waals surface area (Å²) in [5.41, 5.74) is 0.150. The Hall–Kier alpha value is -2.14. The van der Waals surface area contributed by atoms with Crippen LogP contribution in [0.2, 0.25) is 0 Å². The predicted octanol–water partition coefficient (Wildman–Crippen LogP) is 5.19. The lowest BCUT2D eigenvalue weighted by Crippen LogP contribution is -2.27. The second-order valence-electron chi connectivity index (χ2n) is 5.90. The number of hydrogen-bond acceptors (Lipinski definition) is 4. The first-order chi connectivity index (χ1) is 10.9. The maximum atomic E-state index is 12.0. The molecule has 1 amide bonds. The summed E-state index contributed by atoms with van der Waals surface area (Å²) in [7, 11) is 1.62. The number of ether oxygens (including phenoxy) is 2. The van der Waals surface area contributed by atoms with E-state index in [2.05, 4.69) is 5.32 Å². The third-order valence-corrected chi connectivity index (χ3v) is 3.86. The number of carbonyl (C=O) groups excluding carboxylic acids is 1. The van der Waals surface area contributed by atoms with Gasteiger partial charge in [-0.05, 0) is 51.1 Å². The molecule has 5 heteroatoms. The van der Waals surface area contributed by atoms with Crippen molar-refractivity contribution in [3.05, 3.63) is 48.5 Å². The lowest BCUT2D eigenvalue weighted by Gasteiger charge is -2.20. The average molecular weight is 331 g/mol. The molecular weight excluding hydrogens is 310 g/mol. The van der Waals surface area contributed by atoms with E-state index in [1.54, 1.807) is 18.9 Å². The number of amides is 1. The Bertz CT molecular complexity index is 666. The molecule has 122 valence electrons. The van der Waals surface area contributed by atoms with Gasteiger partial charge in [-0.2, -0.15) is 0 Å². The molecule has 0 aliphatic carbocycles. The zero-order valence-corrected chi connectivity index (χ0v) is 14.6. The van der Waals surface area contributed by atoms with Gasteiger partial charge in [0.25, 0.3) is 0 Å². The molecule has 1 N–H and O–H groups in total. The van der Waals surface area contributed by atoms with Gasteiger partial charge in [0.05, 0.1) is 12.8 Å². The molecule has 0 heterocycles. The molecule has 0 bridgehead atoms. The van der Waals surface area contributed by atoms with Crippen molar-refractivity contribution >= 4 is 23.5 Å². The van der Waals surface area contributed by atoms with Crippen LogP contribution in [0.25, 0.3) is 0 Å². The van der Waals surface area contributed by atoms with E-state index >= 15 is 0 Å². The number of rotatable bonds is 4. The van der Waals surface area contributed by atoms with Crippen LogP contribution in [0.15, 0.2) is 58.3 Å². The fraction of sp³-hybridized carbons (Fsp3) is 0.278. The van der Waals surface area contributed by atoms with Gasteiger partial charge in [0, 0.05) is 9.79 Å². The summed E-state index contributed by atoms with van der Waals surface area (Å²) < 4.78 is 10.6. The first kappa shape index (κ1) is 17.2. The van der Waals surface area contributed by atoms with Gasteiger partial charge in [0.1, 0.15) is 11.4 Å². The molecule has 2 aromatic carbocycles. The molecule has 2 rings (SSSR count). The Labute approximate surface area is 141 Å². The van der Waals surface area contributed by atoms with Crippen LogP contribution in [0.3, 0.4) is 0 Å². The molecule has 0 aliphatic heterocycles. The molecule has 0 aromatic heterocycles. The monoisotopic (exact) mass is 331 g/mol. The zero-order chi connectivity index (χ0) is 16.9.